The van der Waals surface area contributed by atoms with Crippen LogP contribution in [0.15, 0.2) is 36.5 Å². The second kappa shape index (κ2) is 6.12. The van der Waals surface area contributed by atoms with E-state index in [9.17, 15) is 0 Å². The Morgan fingerprint density at radius 1 is 1.33 bits per heavy atom. The topological polar surface area (TPSA) is 28.2 Å². The Labute approximate surface area is 127 Å². The lowest BCUT2D eigenvalue weighted by Gasteiger charge is -2.40. The van der Waals surface area contributed by atoms with Gasteiger partial charge in [0.2, 0.25) is 0 Å². The molecule has 0 spiro atoms. The summed E-state index contributed by atoms with van der Waals surface area (Å²) in [5.74, 6) is 0.681. The Hall–Kier alpha value is -1.45. The minimum Gasteiger partial charge on any atom is -0.311 e. The van der Waals surface area contributed by atoms with E-state index in [2.05, 4.69) is 60.2 Å². The van der Waals surface area contributed by atoms with Crippen molar-refractivity contribution in [3.63, 3.8) is 0 Å². The lowest BCUT2D eigenvalue weighted by atomic mass is 9.99. The maximum absolute atomic E-state index is 4.40. The normalized spacial score (nSPS) is 23.8. The van der Waals surface area contributed by atoms with Gasteiger partial charge in [-0.3, -0.25) is 9.88 Å². The smallest absolute Gasteiger partial charge is 0.0702 e. The van der Waals surface area contributed by atoms with Gasteiger partial charge in [0.15, 0.2) is 0 Å². The first kappa shape index (κ1) is 14.5. The highest BCUT2D eigenvalue weighted by Crippen LogP contribution is 2.19. The van der Waals surface area contributed by atoms with Gasteiger partial charge in [-0.2, -0.15) is 0 Å². The van der Waals surface area contributed by atoms with Crippen molar-refractivity contribution >= 4 is 10.9 Å². The van der Waals surface area contributed by atoms with Crippen molar-refractivity contribution in [3.8, 4) is 0 Å². The molecule has 1 aliphatic rings. The largest absolute Gasteiger partial charge is 0.311 e. The summed E-state index contributed by atoms with van der Waals surface area (Å²) in [7, 11) is 0. The molecule has 2 unspecified atom stereocenters. The van der Waals surface area contributed by atoms with Gasteiger partial charge in [0.05, 0.1) is 5.52 Å². The monoisotopic (exact) mass is 283 g/mol. The van der Waals surface area contributed by atoms with E-state index in [1.807, 2.05) is 12.3 Å². The zero-order valence-electron chi connectivity index (χ0n) is 13.2. The fourth-order valence-electron chi connectivity index (χ4n) is 3.07. The van der Waals surface area contributed by atoms with Crippen LogP contribution < -0.4 is 5.32 Å². The molecule has 3 nitrogen and oxygen atoms in total. The molecule has 1 saturated heterocycles. The predicted molar refractivity (Wildman–Crippen MR) is 88.2 cm³/mol. The van der Waals surface area contributed by atoms with Crippen molar-refractivity contribution in [1.29, 1.82) is 0 Å². The lowest BCUT2D eigenvalue weighted by Crippen LogP contribution is -2.56. The van der Waals surface area contributed by atoms with Crippen LogP contribution in [0, 0.1) is 5.92 Å². The van der Waals surface area contributed by atoms with Crippen LogP contribution in [0.5, 0.6) is 0 Å². The first-order chi connectivity index (χ1) is 10.1. The van der Waals surface area contributed by atoms with Gasteiger partial charge in [-0.05, 0) is 36.6 Å². The van der Waals surface area contributed by atoms with E-state index in [0.29, 0.717) is 18.0 Å². The molecule has 0 saturated carbocycles. The molecule has 3 heteroatoms. The second-order valence-electron chi connectivity index (χ2n) is 6.57. The summed E-state index contributed by atoms with van der Waals surface area (Å²) in [5, 5.41) is 4.90. The number of hydrogen-bond acceptors (Lipinski definition) is 3. The van der Waals surface area contributed by atoms with Crippen LogP contribution in [0.1, 0.15) is 26.3 Å². The van der Waals surface area contributed by atoms with E-state index >= 15 is 0 Å². The van der Waals surface area contributed by atoms with Gasteiger partial charge in [-0.1, -0.05) is 26.0 Å². The highest BCUT2D eigenvalue weighted by Gasteiger charge is 2.26. The molecular weight excluding hydrogens is 258 g/mol. The molecular formula is C18H25N3. The van der Waals surface area contributed by atoms with Crippen LogP contribution in [0.25, 0.3) is 10.9 Å². The Kier molecular flexibility index (Phi) is 4.22. The van der Waals surface area contributed by atoms with E-state index in [1.54, 1.807) is 0 Å². The van der Waals surface area contributed by atoms with Crippen LogP contribution >= 0.6 is 0 Å². The summed E-state index contributed by atoms with van der Waals surface area (Å²) in [6.45, 7) is 10.1. The van der Waals surface area contributed by atoms with Gasteiger partial charge < -0.3 is 5.32 Å². The zero-order valence-corrected chi connectivity index (χ0v) is 13.2. The standard InChI is InChI=1S/C18H25N3/c1-13(2)18-12-21(14(3)10-20-18)11-15-6-7-17-16(9-15)5-4-8-19-17/h4-9,13-14,18,20H,10-12H2,1-3H3. The van der Waals surface area contributed by atoms with Crippen molar-refractivity contribution < 1.29 is 0 Å². The van der Waals surface area contributed by atoms with Crippen LogP contribution in [-0.4, -0.2) is 35.1 Å². The molecule has 3 rings (SSSR count). The quantitative estimate of drug-likeness (QED) is 0.938. The molecule has 1 aromatic carbocycles. The van der Waals surface area contributed by atoms with Gasteiger partial charge in [0.1, 0.15) is 0 Å². The van der Waals surface area contributed by atoms with Crippen molar-refractivity contribution in [2.75, 3.05) is 13.1 Å². The number of aromatic nitrogens is 1. The van der Waals surface area contributed by atoms with Gasteiger partial charge in [-0.25, -0.2) is 0 Å². The van der Waals surface area contributed by atoms with Crippen molar-refractivity contribution in [2.45, 2.75) is 39.4 Å². The SMILES string of the molecule is CC(C)C1CN(Cc2ccc3ncccc3c2)C(C)CN1. The molecule has 1 aromatic heterocycles. The maximum atomic E-state index is 4.40. The molecule has 2 aromatic rings. The highest BCUT2D eigenvalue weighted by atomic mass is 15.2. The van der Waals surface area contributed by atoms with Crippen molar-refractivity contribution in [2.24, 2.45) is 5.92 Å². The number of pyridine rings is 1. The Balaban J connectivity index is 1.76. The Morgan fingerprint density at radius 3 is 3.00 bits per heavy atom. The van der Waals surface area contributed by atoms with Crippen molar-refractivity contribution in [1.82, 2.24) is 15.2 Å². The summed E-state index contributed by atoms with van der Waals surface area (Å²) in [6, 6.07) is 12.0. The number of nitrogens with one attached hydrogen (secondary N) is 1. The Morgan fingerprint density at radius 2 is 2.19 bits per heavy atom. The van der Waals surface area contributed by atoms with E-state index in [4.69, 9.17) is 0 Å². The summed E-state index contributed by atoms with van der Waals surface area (Å²) < 4.78 is 0. The van der Waals surface area contributed by atoms with Gasteiger partial charge in [0, 0.05) is 43.3 Å². The average Bonchev–Trinajstić information content (AvgIpc) is 2.49. The first-order valence-corrected chi connectivity index (χ1v) is 7.94. The fourth-order valence-corrected chi connectivity index (χ4v) is 3.07. The predicted octanol–water partition coefficient (Wildman–Crippen LogP) is 3.05. The van der Waals surface area contributed by atoms with Gasteiger partial charge in [-0.15, -0.1) is 0 Å². The fraction of sp³-hybridized carbons (Fsp3) is 0.500. The van der Waals surface area contributed by atoms with Crippen LogP contribution in [-0.2, 0) is 6.54 Å². The minimum absolute atomic E-state index is 0.588. The molecule has 0 bridgehead atoms. The molecule has 1 aliphatic heterocycles. The lowest BCUT2D eigenvalue weighted by molar-refractivity contribution is 0.116. The molecule has 0 amide bonds. The summed E-state index contributed by atoms with van der Waals surface area (Å²) in [6.07, 6.45) is 1.85. The third-order valence-corrected chi connectivity index (χ3v) is 4.59. The van der Waals surface area contributed by atoms with E-state index in [0.717, 1.165) is 25.2 Å². The minimum atomic E-state index is 0.588. The van der Waals surface area contributed by atoms with Crippen LogP contribution in [0.3, 0.4) is 0 Å². The van der Waals surface area contributed by atoms with Gasteiger partial charge in [0.25, 0.3) is 0 Å². The Bertz CT molecular complexity index is 608. The summed E-state index contributed by atoms with van der Waals surface area (Å²) in [4.78, 5) is 6.99. The third-order valence-electron chi connectivity index (χ3n) is 4.59. The van der Waals surface area contributed by atoms with E-state index in [1.165, 1.54) is 10.9 Å². The van der Waals surface area contributed by atoms with Gasteiger partial charge >= 0.3 is 0 Å². The van der Waals surface area contributed by atoms with Crippen molar-refractivity contribution in [3.05, 3.63) is 42.1 Å². The second-order valence-corrected chi connectivity index (χ2v) is 6.57. The number of nitrogens with zero attached hydrogens (tertiary/aromatic N) is 2. The summed E-state index contributed by atoms with van der Waals surface area (Å²) in [5.41, 5.74) is 2.46. The number of benzene rings is 1. The molecule has 2 heterocycles. The van der Waals surface area contributed by atoms with Crippen LogP contribution in [0.4, 0.5) is 0 Å². The molecule has 0 aliphatic carbocycles. The number of fused-ring (bicyclic) bond motifs is 1. The van der Waals surface area contributed by atoms with E-state index < -0.39 is 0 Å². The molecule has 0 radical (unpaired) electrons. The van der Waals surface area contributed by atoms with E-state index in [-0.39, 0.29) is 0 Å². The number of piperazine rings is 1. The summed E-state index contributed by atoms with van der Waals surface area (Å²) >= 11 is 0. The third kappa shape index (κ3) is 3.25. The first-order valence-electron chi connectivity index (χ1n) is 7.94. The molecule has 21 heavy (non-hydrogen) atoms. The molecule has 1 N–H and O–H groups in total. The highest BCUT2D eigenvalue weighted by molar-refractivity contribution is 5.78. The molecule has 112 valence electrons. The number of rotatable bonds is 3. The number of hydrogen-bond donors (Lipinski definition) is 1. The maximum Gasteiger partial charge on any atom is 0.0702 e. The molecule has 1 fully saturated rings. The average molecular weight is 283 g/mol. The van der Waals surface area contributed by atoms with Crippen LogP contribution in [0.2, 0.25) is 0 Å². The molecule has 2 atom stereocenters. The zero-order chi connectivity index (χ0) is 14.8.